The second kappa shape index (κ2) is 7.12. The molecular formula is C24H21N3O4. The Morgan fingerprint density at radius 2 is 1.90 bits per heavy atom. The Labute approximate surface area is 178 Å². The summed E-state index contributed by atoms with van der Waals surface area (Å²) in [5, 5.41) is 17.3. The molecule has 0 saturated carbocycles. The molecule has 5 rings (SSSR count). The molecule has 2 aliphatic rings. The highest BCUT2D eigenvalue weighted by Gasteiger charge is 2.33. The molecule has 1 aliphatic heterocycles. The standard InChI is InChI=1S/C24H21N3O4/c1-13-11-16(12-19(14(13)2)27(29)30)20-9-10-21(31-20)23-18-8-7-15-5-3-4-6-17(15)22(18)25-24(28)26-23/h3-6,9-12,23H,7-8H2,1-2H3,(H2,25,26,28). The molecule has 0 spiro atoms. The van der Waals surface area contributed by atoms with Gasteiger partial charge >= 0.3 is 6.03 Å². The Morgan fingerprint density at radius 3 is 2.71 bits per heavy atom. The molecule has 2 amide bonds. The van der Waals surface area contributed by atoms with Gasteiger partial charge in [0.1, 0.15) is 17.6 Å². The number of furan rings is 1. The van der Waals surface area contributed by atoms with E-state index in [1.807, 2.05) is 37.3 Å². The number of nitrogens with one attached hydrogen (secondary N) is 2. The largest absolute Gasteiger partial charge is 0.459 e. The van der Waals surface area contributed by atoms with E-state index in [2.05, 4.69) is 16.7 Å². The van der Waals surface area contributed by atoms with E-state index in [9.17, 15) is 14.9 Å². The van der Waals surface area contributed by atoms with Gasteiger partial charge in [-0.05, 0) is 61.6 Å². The number of hydrogen-bond acceptors (Lipinski definition) is 4. The van der Waals surface area contributed by atoms with Crippen molar-refractivity contribution in [2.75, 3.05) is 0 Å². The summed E-state index contributed by atoms with van der Waals surface area (Å²) in [5.41, 5.74) is 6.35. The van der Waals surface area contributed by atoms with E-state index in [-0.39, 0.29) is 22.7 Å². The number of urea groups is 1. The minimum atomic E-state index is -0.382. The zero-order chi connectivity index (χ0) is 21.7. The van der Waals surface area contributed by atoms with Crippen LogP contribution in [0.3, 0.4) is 0 Å². The van der Waals surface area contributed by atoms with Crippen LogP contribution in [0.15, 0.2) is 58.5 Å². The van der Waals surface area contributed by atoms with Gasteiger partial charge in [-0.15, -0.1) is 0 Å². The number of nitrogens with zero attached hydrogens (tertiary/aromatic N) is 1. The van der Waals surface area contributed by atoms with Crippen LogP contribution in [0.4, 0.5) is 10.5 Å². The molecule has 2 N–H and O–H groups in total. The molecule has 156 valence electrons. The lowest BCUT2D eigenvalue weighted by molar-refractivity contribution is -0.385. The second-order valence-electron chi connectivity index (χ2n) is 7.99. The average Bonchev–Trinajstić information content (AvgIpc) is 3.25. The molecule has 0 saturated heterocycles. The maximum absolute atomic E-state index is 12.4. The smallest absolute Gasteiger partial charge is 0.320 e. The predicted molar refractivity (Wildman–Crippen MR) is 116 cm³/mol. The zero-order valence-electron chi connectivity index (χ0n) is 17.2. The van der Waals surface area contributed by atoms with E-state index >= 15 is 0 Å². The lowest BCUT2D eigenvalue weighted by Crippen LogP contribution is -2.44. The Morgan fingerprint density at radius 1 is 1.10 bits per heavy atom. The SMILES string of the molecule is Cc1cc(-c2ccc(C3NC(=O)NC4=C3CCc3ccccc34)o2)cc([N+](=O)[O-])c1C. The number of nitro benzene ring substituents is 1. The minimum Gasteiger partial charge on any atom is -0.459 e. The molecule has 0 fully saturated rings. The summed E-state index contributed by atoms with van der Waals surface area (Å²) in [6.45, 7) is 3.59. The normalized spacial score (nSPS) is 17.5. The highest BCUT2D eigenvalue weighted by atomic mass is 16.6. The van der Waals surface area contributed by atoms with Crippen LogP contribution in [0.5, 0.6) is 0 Å². The molecule has 0 radical (unpaired) electrons. The molecule has 1 atom stereocenters. The molecular weight excluding hydrogens is 394 g/mol. The number of rotatable bonds is 3. The van der Waals surface area contributed by atoms with Gasteiger partial charge in [-0.3, -0.25) is 10.1 Å². The first-order valence-electron chi connectivity index (χ1n) is 10.2. The lowest BCUT2D eigenvalue weighted by atomic mass is 9.84. The van der Waals surface area contributed by atoms with Gasteiger partial charge in [0.05, 0.1) is 10.6 Å². The van der Waals surface area contributed by atoms with E-state index in [0.717, 1.165) is 35.2 Å². The van der Waals surface area contributed by atoms with Gasteiger partial charge in [-0.25, -0.2) is 4.79 Å². The molecule has 7 heteroatoms. The molecule has 1 unspecified atom stereocenters. The van der Waals surface area contributed by atoms with Gasteiger partial charge in [0.2, 0.25) is 0 Å². The van der Waals surface area contributed by atoms with Crippen LogP contribution in [-0.4, -0.2) is 11.0 Å². The topological polar surface area (TPSA) is 97.4 Å². The van der Waals surface area contributed by atoms with Crippen molar-refractivity contribution in [2.45, 2.75) is 32.7 Å². The van der Waals surface area contributed by atoms with E-state index in [0.29, 0.717) is 22.6 Å². The van der Waals surface area contributed by atoms with Gasteiger partial charge < -0.3 is 15.1 Å². The monoisotopic (exact) mass is 415 g/mol. The van der Waals surface area contributed by atoms with Crippen LogP contribution >= 0.6 is 0 Å². The van der Waals surface area contributed by atoms with E-state index in [1.54, 1.807) is 13.0 Å². The average molecular weight is 415 g/mol. The third-order valence-corrected chi connectivity index (χ3v) is 6.17. The number of aryl methyl sites for hydroxylation is 2. The number of carbonyl (C=O) groups is 1. The van der Waals surface area contributed by atoms with Crippen LogP contribution in [-0.2, 0) is 6.42 Å². The first-order valence-corrected chi connectivity index (χ1v) is 10.2. The molecule has 1 aromatic heterocycles. The van der Waals surface area contributed by atoms with Crippen molar-refractivity contribution < 1.29 is 14.1 Å². The summed E-state index contributed by atoms with van der Waals surface area (Å²) in [5.74, 6) is 1.14. The summed E-state index contributed by atoms with van der Waals surface area (Å²) >= 11 is 0. The fourth-order valence-corrected chi connectivity index (χ4v) is 4.43. The van der Waals surface area contributed by atoms with Crippen LogP contribution in [0.2, 0.25) is 0 Å². The summed E-state index contributed by atoms with van der Waals surface area (Å²) in [6, 6.07) is 14.5. The number of carbonyl (C=O) groups excluding carboxylic acids is 1. The quantitative estimate of drug-likeness (QED) is 0.455. The summed E-state index contributed by atoms with van der Waals surface area (Å²) < 4.78 is 6.12. The molecule has 2 heterocycles. The van der Waals surface area contributed by atoms with Crippen molar-refractivity contribution in [3.63, 3.8) is 0 Å². The number of hydrogen-bond donors (Lipinski definition) is 2. The van der Waals surface area contributed by atoms with Gasteiger partial charge in [0.15, 0.2) is 0 Å². The summed E-state index contributed by atoms with van der Waals surface area (Å²) in [7, 11) is 0. The molecule has 2 aromatic carbocycles. The number of benzene rings is 2. The molecule has 3 aromatic rings. The van der Waals surface area contributed by atoms with Crippen molar-refractivity contribution in [3.8, 4) is 11.3 Å². The first-order chi connectivity index (χ1) is 14.9. The molecule has 1 aliphatic carbocycles. The Balaban J connectivity index is 1.56. The Hall–Kier alpha value is -3.87. The number of amides is 2. The molecule has 7 nitrogen and oxygen atoms in total. The highest BCUT2D eigenvalue weighted by molar-refractivity contribution is 5.91. The third kappa shape index (κ3) is 3.18. The molecule has 31 heavy (non-hydrogen) atoms. The maximum Gasteiger partial charge on any atom is 0.320 e. The van der Waals surface area contributed by atoms with Gasteiger partial charge in [-0.1, -0.05) is 24.3 Å². The summed E-state index contributed by atoms with van der Waals surface area (Å²) in [6.07, 6.45) is 1.69. The Kier molecular flexibility index (Phi) is 4.39. The van der Waals surface area contributed by atoms with E-state index in [4.69, 9.17) is 4.42 Å². The van der Waals surface area contributed by atoms with Crippen LogP contribution in [0, 0.1) is 24.0 Å². The third-order valence-electron chi connectivity index (χ3n) is 6.17. The van der Waals surface area contributed by atoms with Crippen LogP contribution in [0.25, 0.3) is 17.0 Å². The van der Waals surface area contributed by atoms with Crippen molar-refractivity contribution in [1.82, 2.24) is 10.6 Å². The van der Waals surface area contributed by atoms with Crippen LogP contribution in [0.1, 0.15) is 40.5 Å². The van der Waals surface area contributed by atoms with E-state index < -0.39 is 0 Å². The van der Waals surface area contributed by atoms with Crippen molar-refractivity contribution in [1.29, 1.82) is 0 Å². The minimum absolute atomic E-state index is 0.0667. The maximum atomic E-state index is 12.4. The number of nitro groups is 1. The fraction of sp³-hybridized carbons (Fsp3) is 0.208. The highest BCUT2D eigenvalue weighted by Crippen LogP contribution is 2.40. The van der Waals surface area contributed by atoms with Crippen molar-refractivity contribution in [3.05, 3.63) is 92.2 Å². The molecule has 0 bridgehead atoms. The second-order valence-corrected chi connectivity index (χ2v) is 7.99. The Bertz CT molecular complexity index is 1270. The van der Waals surface area contributed by atoms with Crippen molar-refractivity contribution >= 4 is 17.4 Å². The fourth-order valence-electron chi connectivity index (χ4n) is 4.43. The van der Waals surface area contributed by atoms with E-state index in [1.165, 1.54) is 11.6 Å². The first kappa shape index (κ1) is 19.1. The lowest BCUT2D eigenvalue weighted by Gasteiger charge is -2.33. The zero-order valence-corrected chi connectivity index (χ0v) is 17.2. The van der Waals surface area contributed by atoms with Gasteiger partial charge in [0.25, 0.3) is 5.69 Å². The predicted octanol–water partition coefficient (Wildman–Crippen LogP) is 5.18. The van der Waals surface area contributed by atoms with Crippen LogP contribution < -0.4 is 10.6 Å². The van der Waals surface area contributed by atoms with Gasteiger partial charge in [-0.2, -0.15) is 0 Å². The number of fused-ring (bicyclic) bond motifs is 2. The summed E-state index contributed by atoms with van der Waals surface area (Å²) in [4.78, 5) is 23.5. The van der Waals surface area contributed by atoms with Crippen molar-refractivity contribution in [2.24, 2.45) is 0 Å². The van der Waals surface area contributed by atoms with Gasteiger partial charge in [0, 0.05) is 22.8 Å².